The smallest absolute Gasteiger partial charge is 0.229 e. The van der Waals surface area contributed by atoms with E-state index in [4.69, 9.17) is 27.1 Å². The number of halogens is 1. The fraction of sp³-hybridized carbons (Fsp3) is 0.613. The second-order valence-corrected chi connectivity index (χ2v) is 12.4. The van der Waals surface area contributed by atoms with Crippen molar-refractivity contribution in [2.75, 3.05) is 42.9 Å². The lowest BCUT2D eigenvalue weighted by Gasteiger charge is -2.38. The number of anilines is 3. The van der Waals surface area contributed by atoms with Gasteiger partial charge in [-0.05, 0) is 101 Å². The number of benzene rings is 1. The fourth-order valence-corrected chi connectivity index (χ4v) is 6.37. The monoisotopic (exact) mass is 599 g/mol. The highest BCUT2D eigenvalue weighted by Gasteiger charge is 2.31. The van der Waals surface area contributed by atoms with Gasteiger partial charge in [0.15, 0.2) is 5.82 Å². The summed E-state index contributed by atoms with van der Waals surface area (Å²) in [5.41, 5.74) is 8.88. The molecule has 230 valence electrons. The number of piperidine rings is 2. The van der Waals surface area contributed by atoms with Gasteiger partial charge in [0.1, 0.15) is 10.8 Å². The van der Waals surface area contributed by atoms with E-state index in [0.717, 1.165) is 50.2 Å². The van der Waals surface area contributed by atoms with Gasteiger partial charge in [-0.2, -0.15) is 4.98 Å². The van der Waals surface area contributed by atoms with E-state index in [1.54, 1.807) is 6.20 Å². The Balaban J connectivity index is 1.59. The highest BCUT2D eigenvalue weighted by molar-refractivity contribution is 6.32. The van der Waals surface area contributed by atoms with Gasteiger partial charge in [-0.15, -0.1) is 0 Å². The molecule has 3 heterocycles. The molecular weight excluding hydrogens is 554 g/mol. The molecule has 10 nitrogen and oxygen atoms in total. The average molecular weight is 600 g/mol. The average Bonchev–Trinajstić information content (AvgIpc) is 2.94. The molecule has 0 bridgehead atoms. The number of nitrogens with zero attached hydrogens (tertiary/aromatic N) is 3. The van der Waals surface area contributed by atoms with Crippen LogP contribution < -0.4 is 31.3 Å². The summed E-state index contributed by atoms with van der Waals surface area (Å²) in [7, 11) is 0. The molecule has 2 fully saturated rings. The van der Waals surface area contributed by atoms with Crippen molar-refractivity contribution in [1.29, 1.82) is 0 Å². The molecule has 2 amide bonds. The Kier molecular flexibility index (Phi) is 11.3. The third-order valence-corrected chi connectivity index (χ3v) is 8.21. The van der Waals surface area contributed by atoms with E-state index in [9.17, 15) is 9.59 Å². The Morgan fingerprint density at radius 2 is 1.90 bits per heavy atom. The van der Waals surface area contributed by atoms with E-state index < -0.39 is 0 Å². The standard InChI is InChI=1S/C31H46ClN7O3/c1-5-8-35-29(41)14-22-12-21(13-28(33)40)17-39(18-22)30-25(32)16-36-31(38-30)37-26-11-20(4)24(15-27(26)42-19(2)3)23-6-9-34-10-7-23/h11,15-16,19,21-23,34H,5-10,12-14,17-18H2,1-4H3,(H2,33,40)(H,35,41)(H,36,37,38)/t21-,22+/m1/s1. The van der Waals surface area contributed by atoms with E-state index in [1.807, 2.05) is 20.8 Å². The Hall–Kier alpha value is -3.11. The van der Waals surface area contributed by atoms with Gasteiger partial charge in [-0.3, -0.25) is 9.59 Å². The van der Waals surface area contributed by atoms with Crippen molar-refractivity contribution in [1.82, 2.24) is 20.6 Å². The van der Waals surface area contributed by atoms with Crippen LogP contribution in [0.15, 0.2) is 18.3 Å². The van der Waals surface area contributed by atoms with Crippen molar-refractivity contribution in [3.05, 3.63) is 34.5 Å². The molecule has 0 spiro atoms. The third kappa shape index (κ3) is 8.70. The topological polar surface area (TPSA) is 134 Å². The van der Waals surface area contributed by atoms with Crippen LogP contribution in [0.2, 0.25) is 5.02 Å². The quantitative estimate of drug-likeness (QED) is 0.276. The summed E-state index contributed by atoms with van der Waals surface area (Å²) < 4.78 is 6.25. The number of nitrogens with two attached hydrogens (primary N) is 1. The molecule has 2 aromatic rings. The number of ether oxygens (including phenoxy) is 1. The van der Waals surface area contributed by atoms with Crippen molar-refractivity contribution in [3.8, 4) is 5.75 Å². The molecule has 0 aliphatic carbocycles. The second-order valence-electron chi connectivity index (χ2n) is 12.0. The van der Waals surface area contributed by atoms with Gasteiger partial charge < -0.3 is 31.3 Å². The number of rotatable bonds is 12. The van der Waals surface area contributed by atoms with E-state index in [-0.39, 0.29) is 36.2 Å². The molecule has 2 aliphatic rings. The van der Waals surface area contributed by atoms with Gasteiger partial charge in [-0.1, -0.05) is 18.5 Å². The summed E-state index contributed by atoms with van der Waals surface area (Å²) in [4.78, 5) is 35.7. The summed E-state index contributed by atoms with van der Waals surface area (Å²) in [5, 5.41) is 10.2. The van der Waals surface area contributed by atoms with Crippen LogP contribution in [0.4, 0.5) is 17.5 Å². The number of aromatic nitrogens is 2. The van der Waals surface area contributed by atoms with E-state index in [0.29, 0.717) is 48.8 Å². The van der Waals surface area contributed by atoms with Gasteiger partial charge in [0.25, 0.3) is 0 Å². The van der Waals surface area contributed by atoms with Gasteiger partial charge in [0.2, 0.25) is 17.8 Å². The molecule has 2 aliphatic heterocycles. The number of hydrogen-bond acceptors (Lipinski definition) is 8. The molecule has 42 heavy (non-hydrogen) atoms. The van der Waals surface area contributed by atoms with Crippen LogP contribution in [-0.4, -0.2) is 60.6 Å². The summed E-state index contributed by atoms with van der Waals surface area (Å²) in [6, 6.07) is 4.28. The molecule has 4 rings (SSSR count). The van der Waals surface area contributed by atoms with Gasteiger partial charge in [-0.25, -0.2) is 4.98 Å². The number of carbonyl (C=O) groups excluding carboxylic acids is 2. The Labute approximate surface area is 254 Å². The Morgan fingerprint density at radius 1 is 1.19 bits per heavy atom. The number of aryl methyl sites for hydroxylation is 1. The SMILES string of the molecule is CCCNC(=O)C[C@@H]1C[C@H](CC(N)=O)CN(c2nc(Nc3cc(C)c(C4CCNCC4)cc3OC(C)C)ncc2Cl)C1. The van der Waals surface area contributed by atoms with Crippen molar-refractivity contribution >= 4 is 40.9 Å². The number of primary amides is 1. The van der Waals surface area contributed by atoms with Crippen molar-refractivity contribution in [2.45, 2.75) is 78.2 Å². The molecular formula is C31H46ClN7O3. The lowest BCUT2D eigenvalue weighted by molar-refractivity contribution is -0.122. The van der Waals surface area contributed by atoms with E-state index in [2.05, 4.69) is 44.9 Å². The van der Waals surface area contributed by atoms with Crippen LogP contribution in [0.5, 0.6) is 5.75 Å². The first-order chi connectivity index (χ1) is 20.1. The predicted octanol–water partition coefficient (Wildman–Crippen LogP) is 4.67. The highest BCUT2D eigenvalue weighted by atomic mass is 35.5. The number of nitrogens with one attached hydrogen (secondary N) is 3. The van der Waals surface area contributed by atoms with Crippen LogP contribution in [0.3, 0.4) is 0 Å². The van der Waals surface area contributed by atoms with Gasteiger partial charge in [0, 0.05) is 32.5 Å². The molecule has 1 aromatic heterocycles. The minimum atomic E-state index is -0.354. The lowest BCUT2D eigenvalue weighted by Crippen LogP contribution is -2.44. The van der Waals surface area contributed by atoms with Crippen LogP contribution in [0.1, 0.15) is 76.3 Å². The maximum atomic E-state index is 12.5. The minimum Gasteiger partial charge on any atom is -0.489 e. The minimum absolute atomic E-state index is 0.00103. The summed E-state index contributed by atoms with van der Waals surface area (Å²) in [6.07, 6.45) is 6.03. The Morgan fingerprint density at radius 3 is 2.57 bits per heavy atom. The maximum Gasteiger partial charge on any atom is 0.229 e. The first kappa shape index (κ1) is 31.8. The molecule has 1 aromatic carbocycles. The normalized spacial score (nSPS) is 19.5. The zero-order chi connectivity index (χ0) is 30.2. The fourth-order valence-electron chi connectivity index (χ4n) is 6.16. The molecule has 0 saturated carbocycles. The first-order valence-corrected chi connectivity index (χ1v) is 15.6. The van der Waals surface area contributed by atoms with Crippen LogP contribution in [0.25, 0.3) is 0 Å². The summed E-state index contributed by atoms with van der Waals surface area (Å²) in [5.74, 6) is 1.92. The van der Waals surface area contributed by atoms with Crippen molar-refractivity contribution in [3.63, 3.8) is 0 Å². The van der Waals surface area contributed by atoms with E-state index >= 15 is 0 Å². The second kappa shape index (κ2) is 14.9. The predicted molar refractivity (Wildman–Crippen MR) is 168 cm³/mol. The van der Waals surface area contributed by atoms with Gasteiger partial charge >= 0.3 is 0 Å². The third-order valence-electron chi connectivity index (χ3n) is 7.94. The molecule has 2 saturated heterocycles. The molecule has 0 radical (unpaired) electrons. The number of amides is 2. The van der Waals surface area contributed by atoms with Crippen LogP contribution in [-0.2, 0) is 9.59 Å². The Bertz CT molecular complexity index is 1240. The van der Waals surface area contributed by atoms with Crippen molar-refractivity contribution < 1.29 is 14.3 Å². The van der Waals surface area contributed by atoms with Crippen LogP contribution >= 0.6 is 11.6 Å². The zero-order valence-electron chi connectivity index (χ0n) is 25.3. The highest BCUT2D eigenvalue weighted by Crippen LogP contribution is 2.38. The van der Waals surface area contributed by atoms with Gasteiger partial charge in [0.05, 0.1) is 18.0 Å². The largest absolute Gasteiger partial charge is 0.489 e. The lowest BCUT2D eigenvalue weighted by atomic mass is 9.85. The first-order valence-electron chi connectivity index (χ1n) is 15.2. The molecule has 0 unspecified atom stereocenters. The maximum absolute atomic E-state index is 12.5. The van der Waals surface area contributed by atoms with Crippen LogP contribution in [0, 0.1) is 18.8 Å². The number of carbonyl (C=O) groups is 2. The number of hydrogen-bond donors (Lipinski definition) is 4. The summed E-state index contributed by atoms with van der Waals surface area (Å²) >= 11 is 6.64. The van der Waals surface area contributed by atoms with Crippen molar-refractivity contribution in [2.24, 2.45) is 17.6 Å². The van der Waals surface area contributed by atoms with E-state index in [1.165, 1.54) is 11.1 Å². The molecule has 2 atom stereocenters. The molecule has 11 heteroatoms. The zero-order valence-corrected chi connectivity index (χ0v) is 26.1. The summed E-state index contributed by atoms with van der Waals surface area (Å²) in [6.45, 7) is 12.0. The molecule has 5 N–H and O–H groups in total.